The highest BCUT2D eigenvalue weighted by Gasteiger charge is 2.24. The molecule has 1 aliphatic heterocycles. The molecule has 118 valence electrons. The molecule has 2 rings (SSSR count). The average Bonchev–Trinajstić information content (AvgIpc) is 2.47. The van der Waals surface area contributed by atoms with Gasteiger partial charge in [-0.3, -0.25) is 15.0 Å². The first kappa shape index (κ1) is 17.9. The van der Waals surface area contributed by atoms with E-state index in [2.05, 4.69) is 17.1 Å². The lowest BCUT2D eigenvalue weighted by atomic mass is 9.95. The summed E-state index contributed by atoms with van der Waals surface area (Å²) in [4.78, 5) is 13.0. The molecule has 0 radical (unpaired) electrons. The molecule has 2 unspecified atom stereocenters. The van der Waals surface area contributed by atoms with Crippen molar-refractivity contribution in [1.29, 1.82) is 0 Å². The van der Waals surface area contributed by atoms with Crippen LogP contribution in [0.3, 0.4) is 0 Å². The first-order valence-electron chi connectivity index (χ1n) is 7.25. The number of nitro benzene ring substituents is 1. The Bertz CT molecular complexity index is 468. The first-order valence-corrected chi connectivity index (χ1v) is 7.25. The molecule has 1 aromatic rings. The van der Waals surface area contributed by atoms with Crippen LogP contribution in [-0.4, -0.2) is 36.5 Å². The lowest BCUT2D eigenvalue weighted by molar-refractivity contribution is -0.385. The van der Waals surface area contributed by atoms with Gasteiger partial charge < -0.3 is 5.32 Å². The number of halogens is 1. The summed E-state index contributed by atoms with van der Waals surface area (Å²) >= 11 is 0. The molecule has 0 spiro atoms. The predicted molar refractivity (Wildman–Crippen MR) is 87.0 cm³/mol. The van der Waals surface area contributed by atoms with Gasteiger partial charge in [-0.15, -0.1) is 12.4 Å². The molecule has 2 atom stereocenters. The van der Waals surface area contributed by atoms with Crippen molar-refractivity contribution in [1.82, 2.24) is 10.2 Å². The Hall–Kier alpha value is -1.17. The smallest absolute Gasteiger partial charge is 0.269 e. The number of nitrogens with one attached hydrogen (secondary N) is 1. The van der Waals surface area contributed by atoms with Crippen LogP contribution >= 0.6 is 12.4 Å². The van der Waals surface area contributed by atoms with Crippen LogP contribution in [0.4, 0.5) is 5.69 Å². The van der Waals surface area contributed by atoms with Gasteiger partial charge in [0.05, 0.1) is 4.92 Å². The highest BCUT2D eigenvalue weighted by atomic mass is 35.5. The van der Waals surface area contributed by atoms with Crippen molar-refractivity contribution in [3.63, 3.8) is 0 Å². The maximum atomic E-state index is 10.9. The largest absolute Gasteiger partial charge is 0.319 e. The summed E-state index contributed by atoms with van der Waals surface area (Å²) in [5.41, 5.74) is 1.21. The lowest BCUT2D eigenvalue weighted by Crippen LogP contribution is -2.40. The number of nitrogens with zero attached hydrogens (tertiary/aromatic N) is 2. The minimum Gasteiger partial charge on any atom is -0.319 e. The monoisotopic (exact) mass is 313 g/mol. The van der Waals surface area contributed by atoms with Crippen molar-refractivity contribution in [2.24, 2.45) is 5.92 Å². The third-order valence-electron chi connectivity index (χ3n) is 4.15. The van der Waals surface area contributed by atoms with Crippen LogP contribution in [0, 0.1) is 16.0 Å². The van der Waals surface area contributed by atoms with Crippen LogP contribution in [0.2, 0.25) is 0 Å². The minimum absolute atomic E-state index is 0. The molecule has 1 aliphatic rings. The zero-order valence-electron chi connectivity index (χ0n) is 12.6. The first-order chi connectivity index (χ1) is 9.61. The quantitative estimate of drug-likeness (QED) is 0.670. The molecule has 1 fully saturated rings. The minimum atomic E-state index is -0.323. The van der Waals surface area contributed by atoms with Crippen LogP contribution in [0.15, 0.2) is 24.3 Å². The molecule has 21 heavy (non-hydrogen) atoms. The fourth-order valence-corrected chi connectivity index (χ4v) is 3.01. The highest BCUT2D eigenvalue weighted by molar-refractivity contribution is 5.85. The fraction of sp³-hybridized carbons (Fsp3) is 0.600. The summed E-state index contributed by atoms with van der Waals surface area (Å²) in [7, 11) is 1.99. The predicted octanol–water partition coefficient (Wildman–Crippen LogP) is 3.01. The molecule has 0 amide bonds. The van der Waals surface area contributed by atoms with Gasteiger partial charge in [-0.25, -0.2) is 0 Å². The molecule has 1 saturated heterocycles. The molecular formula is C15H24ClN3O2. The zero-order valence-corrected chi connectivity index (χ0v) is 13.4. The fourth-order valence-electron chi connectivity index (χ4n) is 3.01. The number of nitro groups is 1. The van der Waals surface area contributed by atoms with E-state index in [1.807, 2.05) is 13.1 Å². The highest BCUT2D eigenvalue weighted by Crippen LogP contribution is 2.28. The SMILES string of the molecule is CNCC1CCCN(C(C)c2cccc([N+](=O)[O-])c2)C1.Cl. The van der Waals surface area contributed by atoms with E-state index in [9.17, 15) is 10.1 Å². The lowest BCUT2D eigenvalue weighted by Gasteiger charge is -2.37. The number of likely N-dealkylation sites (tertiary alicyclic amines) is 1. The van der Waals surface area contributed by atoms with Gasteiger partial charge in [0.25, 0.3) is 5.69 Å². The Kier molecular flexibility index (Phi) is 7.08. The molecule has 1 N–H and O–H groups in total. The summed E-state index contributed by atoms with van der Waals surface area (Å²) in [6.45, 7) is 5.31. The van der Waals surface area contributed by atoms with Gasteiger partial charge in [0.15, 0.2) is 0 Å². The van der Waals surface area contributed by atoms with Crippen LogP contribution in [-0.2, 0) is 0 Å². The van der Waals surface area contributed by atoms with Crippen molar-refractivity contribution in [3.05, 3.63) is 39.9 Å². The van der Waals surface area contributed by atoms with E-state index in [1.165, 1.54) is 12.8 Å². The number of hydrogen-bond donors (Lipinski definition) is 1. The van der Waals surface area contributed by atoms with E-state index in [0.717, 1.165) is 25.2 Å². The Morgan fingerprint density at radius 2 is 2.29 bits per heavy atom. The third-order valence-corrected chi connectivity index (χ3v) is 4.15. The molecule has 0 saturated carbocycles. The Morgan fingerprint density at radius 3 is 2.95 bits per heavy atom. The molecule has 6 heteroatoms. The summed E-state index contributed by atoms with van der Waals surface area (Å²) in [5, 5.41) is 14.1. The van der Waals surface area contributed by atoms with E-state index in [1.54, 1.807) is 18.2 Å². The average molecular weight is 314 g/mol. The summed E-state index contributed by atoms with van der Waals surface area (Å²) in [6, 6.07) is 7.25. The van der Waals surface area contributed by atoms with Crippen molar-refractivity contribution in [2.75, 3.05) is 26.7 Å². The second-order valence-electron chi connectivity index (χ2n) is 5.59. The van der Waals surface area contributed by atoms with Gasteiger partial charge in [0, 0.05) is 24.7 Å². The van der Waals surface area contributed by atoms with Gasteiger partial charge in [0.2, 0.25) is 0 Å². The van der Waals surface area contributed by atoms with Crippen LogP contribution in [0.5, 0.6) is 0 Å². The van der Waals surface area contributed by atoms with Crippen molar-refractivity contribution < 1.29 is 4.92 Å². The maximum absolute atomic E-state index is 10.9. The molecule has 5 nitrogen and oxygen atoms in total. The normalized spacial score (nSPS) is 20.6. The van der Waals surface area contributed by atoms with E-state index < -0.39 is 0 Å². The standard InChI is InChI=1S/C15H23N3O2.ClH/c1-12(14-6-3-7-15(9-14)18(19)20)17-8-4-5-13(11-17)10-16-2;/h3,6-7,9,12-13,16H,4-5,8,10-11H2,1-2H3;1H. The van der Waals surface area contributed by atoms with E-state index in [4.69, 9.17) is 0 Å². The van der Waals surface area contributed by atoms with E-state index >= 15 is 0 Å². The molecule has 0 aromatic heterocycles. The number of rotatable bonds is 5. The molecular weight excluding hydrogens is 290 g/mol. The Labute approximate surface area is 132 Å². The van der Waals surface area contributed by atoms with Crippen LogP contribution < -0.4 is 5.32 Å². The van der Waals surface area contributed by atoms with Gasteiger partial charge >= 0.3 is 0 Å². The number of hydrogen-bond acceptors (Lipinski definition) is 4. The number of piperidine rings is 1. The van der Waals surface area contributed by atoms with Crippen molar-refractivity contribution >= 4 is 18.1 Å². The van der Waals surface area contributed by atoms with Crippen LogP contribution in [0.1, 0.15) is 31.4 Å². The molecule has 1 heterocycles. The van der Waals surface area contributed by atoms with Gasteiger partial charge in [-0.2, -0.15) is 0 Å². The van der Waals surface area contributed by atoms with Gasteiger partial charge in [0.1, 0.15) is 0 Å². The Balaban J connectivity index is 0.00000220. The molecule has 0 bridgehead atoms. The van der Waals surface area contributed by atoms with E-state index in [-0.39, 0.29) is 29.1 Å². The number of benzene rings is 1. The summed E-state index contributed by atoms with van der Waals surface area (Å²) in [6.07, 6.45) is 2.46. The molecule has 0 aliphatic carbocycles. The van der Waals surface area contributed by atoms with E-state index in [0.29, 0.717) is 5.92 Å². The van der Waals surface area contributed by atoms with Gasteiger partial charge in [-0.1, -0.05) is 12.1 Å². The third kappa shape index (κ3) is 4.66. The number of non-ortho nitro benzene ring substituents is 1. The zero-order chi connectivity index (χ0) is 14.5. The molecule has 1 aromatic carbocycles. The summed E-state index contributed by atoms with van der Waals surface area (Å²) < 4.78 is 0. The topological polar surface area (TPSA) is 58.4 Å². The van der Waals surface area contributed by atoms with Crippen molar-refractivity contribution in [2.45, 2.75) is 25.8 Å². The maximum Gasteiger partial charge on any atom is 0.269 e. The van der Waals surface area contributed by atoms with Crippen LogP contribution in [0.25, 0.3) is 0 Å². The Morgan fingerprint density at radius 1 is 1.52 bits per heavy atom. The summed E-state index contributed by atoms with van der Waals surface area (Å²) in [5.74, 6) is 0.676. The van der Waals surface area contributed by atoms with Gasteiger partial charge in [-0.05, 0) is 51.4 Å². The van der Waals surface area contributed by atoms with Crippen molar-refractivity contribution in [3.8, 4) is 0 Å². The second-order valence-corrected chi connectivity index (χ2v) is 5.59. The second kappa shape index (κ2) is 8.32.